The van der Waals surface area contributed by atoms with Crippen LogP contribution < -0.4 is 4.74 Å². The van der Waals surface area contributed by atoms with E-state index in [-0.39, 0.29) is 30.3 Å². The van der Waals surface area contributed by atoms with Gasteiger partial charge in [0.15, 0.2) is 0 Å². The fraction of sp³-hybridized carbons (Fsp3) is 0.567. The second-order valence-corrected chi connectivity index (χ2v) is 16.1. The molecular formula is C30H46O7PS+. The van der Waals surface area contributed by atoms with E-state index in [2.05, 4.69) is 20.8 Å². The molecule has 1 unspecified atom stereocenters. The summed E-state index contributed by atoms with van der Waals surface area (Å²) in [5.74, 6) is -0.0479. The summed E-state index contributed by atoms with van der Waals surface area (Å²) >= 11 is 0. The highest BCUT2D eigenvalue weighted by Gasteiger charge is 2.35. The predicted molar refractivity (Wildman–Crippen MR) is 159 cm³/mol. The lowest BCUT2D eigenvalue weighted by Gasteiger charge is -2.27. The van der Waals surface area contributed by atoms with Crippen molar-refractivity contribution in [3.63, 3.8) is 0 Å². The van der Waals surface area contributed by atoms with Crippen molar-refractivity contribution in [1.29, 1.82) is 0 Å². The smallest absolute Gasteiger partial charge is 0.338 e. The molecule has 0 fully saturated rings. The van der Waals surface area contributed by atoms with Crippen molar-refractivity contribution >= 4 is 23.3 Å². The zero-order chi connectivity index (χ0) is 28.6. The second-order valence-electron chi connectivity index (χ2n) is 9.97. The van der Waals surface area contributed by atoms with Gasteiger partial charge in [-0.3, -0.25) is 4.18 Å². The van der Waals surface area contributed by atoms with Crippen LogP contribution in [0.1, 0.15) is 69.7 Å². The summed E-state index contributed by atoms with van der Waals surface area (Å²) in [5, 5.41) is 10.0. The first-order valence-corrected chi connectivity index (χ1v) is 18.1. The number of ether oxygens (including phenoxy) is 2. The van der Waals surface area contributed by atoms with E-state index < -0.39 is 29.5 Å². The second kappa shape index (κ2) is 17.6. The van der Waals surface area contributed by atoms with E-state index in [0.717, 1.165) is 25.4 Å². The highest BCUT2D eigenvalue weighted by atomic mass is 32.2. The van der Waals surface area contributed by atoms with E-state index in [4.69, 9.17) is 13.7 Å². The molecule has 0 aliphatic rings. The van der Waals surface area contributed by atoms with E-state index in [0.29, 0.717) is 5.75 Å². The Morgan fingerprint density at radius 3 is 1.92 bits per heavy atom. The molecule has 0 saturated heterocycles. The van der Waals surface area contributed by atoms with E-state index in [1.807, 2.05) is 18.2 Å². The Kier molecular flexibility index (Phi) is 15.0. The first kappa shape index (κ1) is 33.2. The van der Waals surface area contributed by atoms with Crippen LogP contribution in [0.25, 0.3) is 0 Å². The van der Waals surface area contributed by atoms with E-state index >= 15 is 0 Å². The zero-order valence-electron chi connectivity index (χ0n) is 23.7. The lowest BCUT2D eigenvalue weighted by Crippen LogP contribution is -2.25. The molecule has 0 radical (unpaired) electrons. The van der Waals surface area contributed by atoms with E-state index in [9.17, 15) is 18.3 Å². The van der Waals surface area contributed by atoms with Crippen molar-refractivity contribution in [2.24, 2.45) is 0 Å². The topological polar surface area (TPSA) is 99.1 Å². The summed E-state index contributed by atoms with van der Waals surface area (Å²) in [6, 6.07) is 14.5. The van der Waals surface area contributed by atoms with Gasteiger partial charge in [-0.2, -0.15) is 8.42 Å². The standard InChI is InChI=1S/C30H46O7PS/c1-4-7-20-38(21-8-5-2,22-9-6-3)23-19-37-39(33,34)29-17-15-26(16-18-29)30(32)36-25-27(31)24-35-28-13-11-10-12-14-28/h10-18,27,31H,4-9,19-25H2,1-3H3/q+1. The Hall–Kier alpha value is -1.99. The number of hydrogen-bond acceptors (Lipinski definition) is 7. The van der Waals surface area contributed by atoms with Crippen molar-refractivity contribution < 1.29 is 32.0 Å². The van der Waals surface area contributed by atoms with Gasteiger partial charge >= 0.3 is 5.97 Å². The van der Waals surface area contributed by atoms with Gasteiger partial charge in [-0.1, -0.05) is 58.2 Å². The number of benzene rings is 2. The van der Waals surface area contributed by atoms with Gasteiger partial charge in [-0.25, -0.2) is 4.79 Å². The van der Waals surface area contributed by atoms with Crippen LogP contribution in [0, 0.1) is 0 Å². The van der Waals surface area contributed by atoms with Gasteiger partial charge in [0, 0.05) is 7.26 Å². The minimum absolute atomic E-state index is 0.00922. The van der Waals surface area contributed by atoms with E-state index in [1.54, 1.807) is 12.1 Å². The van der Waals surface area contributed by atoms with Crippen LogP contribution in [-0.4, -0.2) is 70.1 Å². The summed E-state index contributed by atoms with van der Waals surface area (Å²) in [6.07, 6.45) is 10.4. The fourth-order valence-corrected chi connectivity index (χ4v) is 10.1. The number of hydrogen-bond donors (Lipinski definition) is 1. The molecule has 0 bridgehead atoms. The van der Waals surface area contributed by atoms with Crippen molar-refractivity contribution in [2.45, 2.75) is 70.3 Å². The molecule has 39 heavy (non-hydrogen) atoms. The van der Waals surface area contributed by atoms with Crippen molar-refractivity contribution in [3.05, 3.63) is 60.2 Å². The van der Waals surface area contributed by atoms with Crippen LogP contribution in [0.5, 0.6) is 5.75 Å². The molecule has 7 nitrogen and oxygen atoms in total. The molecule has 218 valence electrons. The van der Waals surface area contributed by atoms with Crippen LogP contribution in [0.4, 0.5) is 0 Å². The number of unbranched alkanes of at least 4 members (excludes halogenated alkanes) is 3. The molecule has 0 heterocycles. The Morgan fingerprint density at radius 2 is 1.38 bits per heavy atom. The minimum Gasteiger partial charge on any atom is -0.491 e. The molecule has 0 aliphatic heterocycles. The normalized spacial score (nSPS) is 12.7. The summed E-state index contributed by atoms with van der Waals surface area (Å²) in [6.45, 7) is 6.55. The average molecular weight is 582 g/mol. The molecule has 0 aliphatic carbocycles. The number of para-hydroxylation sites is 1. The van der Waals surface area contributed by atoms with Crippen LogP contribution in [0.15, 0.2) is 59.5 Å². The monoisotopic (exact) mass is 581 g/mol. The average Bonchev–Trinajstić information content (AvgIpc) is 2.95. The van der Waals surface area contributed by atoms with Crippen LogP contribution in [-0.2, 0) is 19.0 Å². The lowest BCUT2D eigenvalue weighted by atomic mass is 10.2. The maximum Gasteiger partial charge on any atom is 0.338 e. The molecule has 2 rings (SSSR count). The quantitative estimate of drug-likeness (QED) is 0.110. The Morgan fingerprint density at radius 1 is 0.821 bits per heavy atom. The molecule has 2 aromatic carbocycles. The summed E-state index contributed by atoms with van der Waals surface area (Å²) in [7, 11) is -5.20. The van der Waals surface area contributed by atoms with Gasteiger partial charge in [-0.05, 0) is 55.7 Å². The Bertz CT molecular complexity index is 1040. The molecule has 1 N–H and O–H groups in total. The third kappa shape index (κ3) is 12.0. The molecule has 0 saturated carbocycles. The van der Waals surface area contributed by atoms with Gasteiger partial charge in [0.2, 0.25) is 0 Å². The van der Waals surface area contributed by atoms with Gasteiger partial charge in [0.1, 0.15) is 31.7 Å². The van der Waals surface area contributed by atoms with Crippen molar-refractivity contribution in [2.75, 3.05) is 44.5 Å². The van der Waals surface area contributed by atoms with Crippen LogP contribution in [0.2, 0.25) is 0 Å². The molecule has 1 atom stereocenters. The third-order valence-electron chi connectivity index (χ3n) is 6.73. The number of aliphatic hydroxyl groups excluding tert-OH is 1. The van der Waals surface area contributed by atoms with Gasteiger partial charge in [0.05, 0.1) is 35.1 Å². The number of carbonyl (C=O) groups excluding carboxylic acids is 1. The molecule has 0 amide bonds. The fourth-order valence-electron chi connectivity index (χ4n) is 4.33. The largest absolute Gasteiger partial charge is 0.491 e. The minimum atomic E-state index is -3.94. The maximum atomic E-state index is 12.9. The SMILES string of the molecule is CCCC[P+](CCCC)(CCCC)CCOS(=O)(=O)c1ccc(C(=O)OCC(O)COc2ccccc2)cc1. The number of aliphatic hydroxyl groups is 1. The van der Waals surface area contributed by atoms with Crippen molar-refractivity contribution in [1.82, 2.24) is 0 Å². The van der Waals surface area contributed by atoms with E-state index in [1.165, 1.54) is 62.0 Å². The number of esters is 1. The van der Waals surface area contributed by atoms with Crippen LogP contribution in [0.3, 0.4) is 0 Å². The van der Waals surface area contributed by atoms with Gasteiger partial charge in [0.25, 0.3) is 10.1 Å². The molecule has 9 heteroatoms. The van der Waals surface area contributed by atoms with Crippen LogP contribution >= 0.6 is 7.26 Å². The highest BCUT2D eigenvalue weighted by Crippen LogP contribution is 2.60. The van der Waals surface area contributed by atoms with Crippen molar-refractivity contribution in [3.8, 4) is 5.75 Å². The summed E-state index contributed by atoms with van der Waals surface area (Å²) < 4.78 is 41.8. The predicted octanol–water partition coefficient (Wildman–Crippen LogP) is 6.41. The zero-order valence-corrected chi connectivity index (χ0v) is 25.4. The summed E-state index contributed by atoms with van der Waals surface area (Å²) in [5.41, 5.74) is 0.189. The number of rotatable bonds is 20. The Labute approximate surface area is 235 Å². The molecule has 0 spiro atoms. The summed E-state index contributed by atoms with van der Waals surface area (Å²) in [4.78, 5) is 12.4. The first-order valence-electron chi connectivity index (χ1n) is 14.1. The Balaban J connectivity index is 1.90. The number of carbonyl (C=O) groups is 1. The third-order valence-corrected chi connectivity index (χ3v) is 13.0. The maximum absolute atomic E-state index is 12.9. The lowest BCUT2D eigenvalue weighted by molar-refractivity contribution is 0.0130. The molecule has 0 aromatic heterocycles. The van der Waals surface area contributed by atoms with Gasteiger partial charge < -0.3 is 14.6 Å². The highest BCUT2D eigenvalue weighted by molar-refractivity contribution is 7.86. The van der Waals surface area contributed by atoms with Gasteiger partial charge in [-0.15, -0.1) is 0 Å². The first-order chi connectivity index (χ1) is 18.7. The molecular weight excluding hydrogens is 535 g/mol. The molecule has 2 aromatic rings.